The van der Waals surface area contributed by atoms with Crippen LogP contribution in [0.15, 0.2) is 30.5 Å². The topological polar surface area (TPSA) is 38.0 Å². The number of aliphatic hydroxyl groups is 1. The second-order valence-corrected chi connectivity index (χ2v) is 3.77. The maximum Gasteiger partial charge on any atom is 0.0687 e. The maximum absolute atomic E-state index is 9.31. The Hall–Kier alpha value is -1.61. The Labute approximate surface area is 95.3 Å². The van der Waals surface area contributed by atoms with Gasteiger partial charge in [-0.05, 0) is 25.0 Å². The van der Waals surface area contributed by atoms with E-state index >= 15 is 0 Å². The number of benzene rings is 1. The molecule has 0 bridgehead atoms. The summed E-state index contributed by atoms with van der Waals surface area (Å²) in [6, 6.07) is 7.89. The Balaban J connectivity index is 2.54. The predicted octanol–water partition coefficient (Wildman–Crippen LogP) is 2.37. The van der Waals surface area contributed by atoms with Gasteiger partial charge in [0.25, 0.3) is 0 Å². The Bertz CT molecular complexity index is 488. The maximum atomic E-state index is 9.31. The summed E-state index contributed by atoms with van der Waals surface area (Å²) in [4.78, 5) is 0. The first-order valence-electron chi connectivity index (χ1n) is 5.49. The van der Waals surface area contributed by atoms with Crippen LogP contribution in [0, 0.1) is 6.92 Å². The van der Waals surface area contributed by atoms with E-state index in [0.29, 0.717) is 0 Å². The van der Waals surface area contributed by atoms with Crippen LogP contribution in [0.4, 0.5) is 0 Å². The molecule has 0 aliphatic carbocycles. The molecule has 0 aliphatic heterocycles. The average Bonchev–Trinajstić information content (AvgIpc) is 2.70. The van der Waals surface area contributed by atoms with Gasteiger partial charge in [-0.1, -0.05) is 24.3 Å². The molecule has 0 saturated heterocycles. The monoisotopic (exact) mass is 216 g/mol. The molecule has 84 valence electrons. The summed E-state index contributed by atoms with van der Waals surface area (Å²) in [6.07, 6.45) is 1.87. The lowest BCUT2D eigenvalue weighted by atomic mass is 10.0. The quantitative estimate of drug-likeness (QED) is 0.855. The highest BCUT2D eigenvalue weighted by Gasteiger charge is 2.10. The highest BCUT2D eigenvalue weighted by molar-refractivity contribution is 5.68. The summed E-state index contributed by atoms with van der Waals surface area (Å²) in [5.74, 6) is 0. The zero-order valence-corrected chi connectivity index (χ0v) is 9.64. The molecule has 16 heavy (non-hydrogen) atoms. The summed E-state index contributed by atoms with van der Waals surface area (Å²) >= 11 is 0. The fourth-order valence-corrected chi connectivity index (χ4v) is 1.95. The first-order chi connectivity index (χ1) is 7.77. The van der Waals surface area contributed by atoms with Crippen molar-refractivity contribution in [3.05, 3.63) is 41.7 Å². The third kappa shape index (κ3) is 1.74. The number of aromatic nitrogens is 2. The Morgan fingerprint density at radius 1 is 1.25 bits per heavy atom. The second-order valence-electron chi connectivity index (χ2n) is 3.77. The summed E-state index contributed by atoms with van der Waals surface area (Å²) in [7, 11) is 0. The summed E-state index contributed by atoms with van der Waals surface area (Å²) in [5, 5.41) is 13.6. The molecule has 0 saturated carbocycles. The van der Waals surface area contributed by atoms with Crippen LogP contribution in [0.25, 0.3) is 11.1 Å². The molecule has 1 heterocycles. The van der Waals surface area contributed by atoms with Crippen molar-refractivity contribution in [2.75, 3.05) is 0 Å². The minimum atomic E-state index is 0.0624. The highest BCUT2D eigenvalue weighted by atomic mass is 16.3. The van der Waals surface area contributed by atoms with Crippen LogP contribution in [0.5, 0.6) is 0 Å². The van der Waals surface area contributed by atoms with E-state index in [4.69, 9.17) is 0 Å². The van der Waals surface area contributed by atoms with Crippen LogP contribution in [-0.2, 0) is 13.2 Å². The molecule has 0 amide bonds. The van der Waals surface area contributed by atoms with Crippen molar-refractivity contribution in [3.63, 3.8) is 0 Å². The number of rotatable bonds is 3. The normalized spacial score (nSPS) is 10.7. The molecule has 0 spiro atoms. The zero-order chi connectivity index (χ0) is 11.5. The average molecular weight is 216 g/mol. The zero-order valence-electron chi connectivity index (χ0n) is 9.64. The number of aliphatic hydroxyl groups excluding tert-OH is 1. The van der Waals surface area contributed by atoms with Crippen molar-refractivity contribution >= 4 is 0 Å². The SMILES string of the molecule is CCn1ncc(-c2ccccc2CO)c1C. The van der Waals surface area contributed by atoms with Gasteiger partial charge < -0.3 is 5.11 Å². The van der Waals surface area contributed by atoms with Crippen molar-refractivity contribution in [2.24, 2.45) is 0 Å². The molecule has 1 aromatic carbocycles. The van der Waals surface area contributed by atoms with E-state index in [0.717, 1.165) is 28.9 Å². The van der Waals surface area contributed by atoms with E-state index in [1.54, 1.807) is 0 Å². The van der Waals surface area contributed by atoms with Crippen LogP contribution in [-0.4, -0.2) is 14.9 Å². The highest BCUT2D eigenvalue weighted by Crippen LogP contribution is 2.26. The van der Waals surface area contributed by atoms with E-state index in [-0.39, 0.29) is 6.61 Å². The molecule has 1 N–H and O–H groups in total. The lowest BCUT2D eigenvalue weighted by Crippen LogP contribution is -1.98. The van der Waals surface area contributed by atoms with Crippen molar-refractivity contribution in [3.8, 4) is 11.1 Å². The molecule has 0 atom stereocenters. The van der Waals surface area contributed by atoms with Crippen LogP contribution < -0.4 is 0 Å². The molecule has 0 radical (unpaired) electrons. The van der Waals surface area contributed by atoms with Crippen molar-refractivity contribution in [1.29, 1.82) is 0 Å². The van der Waals surface area contributed by atoms with Gasteiger partial charge in [0.05, 0.1) is 12.8 Å². The van der Waals surface area contributed by atoms with Gasteiger partial charge in [-0.25, -0.2) is 0 Å². The Kier molecular flexibility index (Phi) is 3.06. The third-order valence-corrected chi connectivity index (χ3v) is 2.88. The summed E-state index contributed by atoms with van der Waals surface area (Å²) in [5.41, 5.74) is 4.26. The molecule has 3 heteroatoms. The molecule has 3 nitrogen and oxygen atoms in total. The number of aryl methyl sites for hydroxylation is 1. The van der Waals surface area contributed by atoms with Crippen LogP contribution in [0.2, 0.25) is 0 Å². The van der Waals surface area contributed by atoms with Gasteiger partial charge >= 0.3 is 0 Å². The molecule has 0 fully saturated rings. The minimum absolute atomic E-state index is 0.0624. The molecular weight excluding hydrogens is 200 g/mol. The first kappa shape index (κ1) is 10.9. The van der Waals surface area contributed by atoms with Crippen LogP contribution in [0.3, 0.4) is 0 Å². The van der Waals surface area contributed by atoms with Crippen molar-refractivity contribution in [2.45, 2.75) is 27.0 Å². The van der Waals surface area contributed by atoms with Gasteiger partial charge in [0, 0.05) is 17.8 Å². The smallest absolute Gasteiger partial charge is 0.0687 e. The fraction of sp³-hybridized carbons (Fsp3) is 0.308. The van der Waals surface area contributed by atoms with Crippen LogP contribution >= 0.6 is 0 Å². The number of nitrogens with zero attached hydrogens (tertiary/aromatic N) is 2. The van der Waals surface area contributed by atoms with Gasteiger partial charge in [0.1, 0.15) is 0 Å². The minimum Gasteiger partial charge on any atom is -0.392 e. The fourth-order valence-electron chi connectivity index (χ4n) is 1.95. The Morgan fingerprint density at radius 2 is 2.00 bits per heavy atom. The van der Waals surface area contributed by atoms with E-state index < -0.39 is 0 Å². The van der Waals surface area contributed by atoms with Crippen molar-refractivity contribution in [1.82, 2.24) is 9.78 Å². The van der Waals surface area contributed by atoms with Crippen molar-refractivity contribution < 1.29 is 5.11 Å². The number of hydrogen-bond donors (Lipinski definition) is 1. The van der Waals surface area contributed by atoms with Gasteiger partial charge in [0.2, 0.25) is 0 Å². The lowest BCUT2D eigenvalue weighted by molar-refractivity contribution is 0.282. The van der Waals surface area contributed by atoms with E-state index in [1.165, 1.54) is 0 Å². The summed E-state index contributed by atoms with van der Waals surface area (Å²) < 4.78 is 1.96. The standard InChI is InChI=1S/C13H16N2O/c1-3-15-10(2)13(8-14-15)12-7-5-4-6-11(12)9-16/h4-8,16H,3,9H2,1-2H3. The molecule has 1 aromatic heterocycles. The third-order valence-electron chi connectivity index (χ3n) is 2.88. The first-order valence-corrected chi connectivity index (χ1v) is 5.49. The van der Waals surface area contributed by atoms with Crippen LogP contribution in [0.1, 0.15) is 18.2 Å². The Morgan fingerprint density at radius 3 is 2.62 bits per heavy atom. The van der Waals surface area contributed by atoms with Gasteiger partial charge in [0.15, 0.2) is 0 Å². The van der Waals surface area contributed by atoms with E-state index in [1.807, 2.05) is 35.1 Å². The molecule has 2 aromatic rings. The molecule has 0 unspecified atom stereocenters. The molecule has 0 aliphatic rings. The van der Waals surface area contributed by atoms with Gasteiger partial charge in [-0.3, -0.25) is 4.68 Å². The predicted molar refractivity (Wildman–Crippen MR) is 64.0 cm³/mol. The number of hydrogen-bond acceptors (Lipinski definition) is 2. The lowest BCUT2D eigenvalue weighted by Gasteiger charge is -2.07. The summed E-state index contributed by atoms with van der Waals surface area (Å²) in [6.45, 7) is 5.06. The molecule has 2 rings (SSSR count). The molecular formula is C13H16N2O. The van der Waals surface area contributed by atoms with Gasteiger partial charge in [-0.15, -0.1) is 0 Å². The van der Waals surface area contributed by atoms with E-state index in [9.17, 15) is 5.11 Å². The van der Waals surface area contributed by atoms with E-state index in [2.05, 4.69) is 18.9 Å². The second kappa shape index (κ2) is 4.49. The van der Waals surface area contributed by atoms with Gasteiger partial charge in [-0.2, -0.15) is 5.10 Å². The largest absolute Gasteiger partial charge is 0.392 e.